The zero-order chi connectivity index (χ0) is 7.40. The number of hydrogen-bond acceptors (Lipinski definition) is 3. The average Bonchev–Trinajstić information content (AvgIpc) is 2.31. The van der Waals surface area contributed by atoms with Gasteiger partial charge in [0.25, 0.3) is 0 Å². The molecule has 1 aromatic rings. The average molecular weight is 178 g/mol. The minimum Gasteiger partial charge on any atom is -0.381 e. The Morgan fingerprint density at radius 2 is 2.40 bits per heavy atom. The summed E-state index contributed by atoms with van der Waals surface area (Å²) in [6, 6.07) is 3.79. The van der Waals surface area contributed by atoms with E-state index in [-0.39, 0.29) is 6.73 Å². The van der Waals surface area contributed by atoms with Gasteiger partial charge in [-0.3, -0.25) is 5.32 Å². The molecule has 0 bridgehead atoms. The van der Waals surface area contributed by atoms with Crippen molar-refractivity contribution in [2.75, 3.05) is 6.73 Å². The first-order chi connectivity index (χ1) is 4.83. The lowest BCUT2D eigenvalue weighted by Crippen LogP contribution is -2.12. The number of thiophene rings is 1. The SMILES string of the molecule is OCNCc1ccc(Cl)s1. The summed E-state index contributed by atoms with van der Waals surface area (Å²) < 4.78 is 0.787. The molecule has 2 N–H and O–H groups in total. The molecule has 10 heavy (non-hydrogen) atoms. The van der Waals surface area contributed by atoms with Crippen LogP contribution in [0.3, 0.4) is 0 Å². The Kier molecular flexibility index (Phi) is 3.15. The molecule has 0 unspecified atom stereocenters. The Labute approximate surface area is 68.4 Å². The highest BCUT2D eigenvalue weighted by Gasteiger charge is 1.94. The van der Waals surface area contributed by atoms with Crippen molar-refractivity contribution in [3.8, 4) is 0 Å². The van der Waals surface area contributed by atoms with Gasteiger partial charge in [0.05, 0.1) is 11.1 Å². The van der Waals surface area contributed by atoms with Crippen LogP contribution < -0.4 is 5.32 Å². The van der Waals surface area contributed by atoms with Crippen LogP contribution in [0.25, 0.3) is 0 Å². The molecule has 0 aliphatic rings. The minimum atomic E-state index is 0.00944. The summed E-state index contributed by atoms with van der Waals surface area (Å²) in [5.41, 5.74) is 0. The molecule has 4 heteroatoms. The predicted octanol–water partition coefficient (Wildman–Crippen LogP) is 1.44. The molecule has 1 heterocycles. The second-order valence-electron chi connectivity index (χ2n) is 1.79. The minimum absolute atomic E-state index is 0.00944. The van der Waals surface area contributed by atoms with Crippen LogP contribution in [0.5, 0.6) is 0 Å². The first-order valence-corrected chi connectivity index (χ1v) is 4.08. The van der Waals surface area contributed by atoms with Gasteiger partial charge < -0.3 is 5.11 Å². The highest BCUT2D eigenvalue weighted by Crippen LogP contribution is 2.20. The van der Waals surface area contributed by atoms with Crippen molar-refractivity contribution < 1.29 is 5.11 Å². The molecule has 0 spiro atoms. The van der Waals surface area contributed by atoms with Crippen LogP contribution in [0.15, 0.2) is 12.1 Å². The molecule has 0 fully saturated rings. The van der Waals surface area contributed by atoms with Gasteiger partial charge in [0.2, 0.25) is 0 Å². The highest BCUT2D eigenvalue weighted by molar-refractivity contribution is 7.16. The Bertz CT molecular complexity index is 201. The molecule has 0 amide bonds. The van der Waals surface area contributed by atoms with Crippen LogP contribution in [-0.2, 0) is 6.54 Å². The molecule has 0 atom stereocenters. The maximum Gasteiger partial charge on any atom is 0.0934 e. The molecular weight excluding hydrogens is 170 g/mol. The van der Waals surface area contributed by atoms with Crippen molar-refractivity contribution in [3.63, 3.8) is 0 Å². The summed E-state index contributed by atoms with van der Waals surface area (Å²) in [5, 5.41) is 11.2. The van der Waals surface area contributed by atoms with Gasteiger partial charge in [-0.1, -0.05) is 11.6 Å². The number of nitrogens with one attached hydrogen (secondary N) is 1. The van der Waals surface area contributed by atoms with Gasteiger partial charge in [0, 0.05) is 11.4 Å². The lowest BCUT2D eigenvalue weighted by Gasteiger charge is -1.94. The van der Waals surface area contributed by atoms with E-state index in [1.54, 1.807) is 0 Å². The fourth-order valence-electron chi connectivity index (χ4n) is 0.626. The zero-order valence-electron chi connectivity index (χ0n) is 5.30. The Hall–Kier alpha value is -0.0900. The van der Waals surface area contributed by atoms with E-state index in [1.807, 2.05) is 12.1 Å². The molecule has 56 valence electrons. The van der Waals surface area contributed by atoms with Gasteiger partial charge in [-0.25, -0.2) is 0 Å². The molecule has 0 saturated heterocycles. The largest absolute Gasteiger partial charge is 0.381 e. The van der Waals surface area contributed by atoms with Crippen LogP contribution in [-0.4, -0.2) is 11.8 Å². The van der Waals surface area contributed by atoms with Crippen LogP contribution in [0, 0.1) is 0 Å². The summed E-state index contributed by atoms with van der Waals surface area (Å²) in [7, 11) is 0. The number of rotatable bonds is 3. The van der Waals surface area contributed by atoms with E-state index in [0.29, 0.717) is 6.54 Å². The predicted molar refractivity (Wildman–Crippen MR) is 43.3 cm³/mol. The standard InChI is InChI=1S/C6H8ClNOS/c7-6-2-1-5(10-6)3-8-4-9/h1-2,8-9H,3-4H2. The van der Waals surface area contributed by atoms with E-state index >= 15 is 0 Å². The Balaban J connectivity index is 2.42. The Morgan fingerprint density at radius 1 is 1.60 bits per heavy atom. The highest BCUT2D eigenvalue weighted by atomic mass is 35.5. The van der Waals surface area contributed by atoms with E-state index in [9.17, 15) is 0 Å². The van der Waals surface area contributed by atoms with Crippen molar-refractivity contribution in [2.45, 2.75) is 6.54 Å². The van der Waals surface area contributed by atoms with Crippen LogP contribution in [0.2, 0.25) is 4.34 Å². The maximum absolute atomic E-state index is 8.39. The fourth-order valence-corrected chi connectivity index (χ4v) is 1.68. The maximum atomic E-state index is 8.39. The van der Waals surface area contributed by atoms with Crippen molar-refractivity contribution in [2.24, 2.45) is 0 Å². The van der Waals surface area contributed by atoms with Crippen LogP contribution in [0.1, 0.15) is 4.88 Å². The number of aliphatic hydroxyl groups excluding tert-OH is 1. The van der Waals surface area contributed by atoms with Gasteiger partial charge in [0.1, 0.15) is 0 Å². The van der Waals surface area contributed by atoms with Crippen LogP contribution in [0.4, 0.5) is 0 Å². The molecule has 0 radical (unpaired) electrons. The summed E-state index contributed by atoms with van der Waals surface area (Å²) in [6.45, 7) is 0.698. The summed E-state index contributed by atoms with van der Waals surface area (Å²) in [5.74, 6) is 0. The molecule has 0 aliphatic heterocycles. The van der Waals surface area contributed by atoms with Gasteiger partial charge in [0.15, 0.2) is 0 Å². The molecule has 1 aromatic heterocycles. The molecule has 0 saturated carbocycles. The van der Waals surface area contributed by atoms with Crippen molar-refractivity contribution >= 4 is 22.9 Å². The third kappa shape index (κ3) is 2.27. The number of aliphatic hydroxyl groups is 1. The topological polar surface area (TPSA) is 32.3 Å². The van der Waals surface area contributed by atoms with E-state index in [4.69, 9.17) is 16.7 Å². The van der Waals surface area contributed by atoms with E-state index in [2.05, 4.69) is 5.32 Å². The molecule has 1 rings (SSSR count). The molecule has 0 aromatic carbocycles. The van der Waals surface area contributed by atoms with Gasteiger partial charge in [-0.05, 0) is 12.1 Å². The third-order valence-corrected chi connectivity index (χ3v) is 2.27. The zero-order valence-corrected chi connectivity index (χ0v) is 6.87. The fraction of sp³-hybridized carbons (Fsp3) is 0.333. The van der Waals surface area contributed by atoms with Crippen molar-refractivity contribution in [1.29, 1.82) is 0 Å². The monoisotopic (exact) mass is 177 g/mol. The molecule has 2 nitrogen and oxygen atoms in total. The smallest absolute Gasteiger partial charge is 0.0934 e. The van der Waals surface area contributed by atoms with E-state index < -0.39 is 0 Å². The molecule has 0 aliphatic carbocycles. The van der Waals surface area contributed by atoms with E-state index in [1.165, 1.54) is 11.3 Å². The van der Waals surface area contributed by atoms with Crippen molar-refractivity contribution in [1.82, 2.24) is 5.32 Å². The van der Waals surface area contributed by atoms with Gasteiger partial charge in [-0.2, -0.15) is 0 Å². The summed E-state index contributed by atoms with van der Waals surface area (Å²) >= 11 is 7.19. The lowest BCUT2D eigenvalue weighted by atomic mass is 10.5. The molecular formula is C6H8ClNOS. The number of halogens is 1. The second-order valence-corrected chi connectivity index (χ2v) is 3.59. The summed E-state index contributed by atoms with van der Waals surface area (Å²) in [4.78, 5) is 1.14. The lowest BCUT2D eigenvalue weighted by molar-refractivity contribution is 0.260. The van der Waals surface area contributed by atoms with E-state index in [0.717, 1.165) is 9.21 Å². The first kappa shape index (κ1) is 8.01. The van der Waals surface area contributed by atoms with Crippen molar-refractivity contribution in [3.05, 3.63) is 21.3 Å². The quantitative estimate of drug-likeness (QED) is 0.685. The second kappa shape index (κ2) is 3.93. The van der Waals surface area contributed by atoms with Gasteiger partial charge >= 0.3 is 0 Å². The normalized spacial score (nSPS) is 10.2. The first-order valence-electron chi connectivity index (χ1n) is 2.88. The van der Waals surface area contributed by atoms with Crippen LogP contribution >= 0.6 is 22.9 Å². The third-order valence-electron chi connectivity index (χ3n) is 1.04. The summed E-state index contributed by atoms with van der Waals surface area (Å²) in [6.07, 6.45) is 0. The number of hydrogen-bond donors (Lipinski definition) is 2. The Morgan fingerprint density at radius 3 is 2.90 bits per heavy atom. The van der Waals surface area contributed by atoms with Gasteiger partial charge in [-0.15, -0.1) is 11.3 Å².